The number of benzene rings is 1. The van der Waals surface area contributed by atoms with Gasteiger partial charge in [-0.05, 0) is 19.1 Å². The van der Waals surface area contributed by atoms with Crippen LogP contribution in [0.4, 0.5) is 5.82 Å². The van der Waals surface area contributed by atoms with E-state index in [1.807, 2.05) is 35.6 Å². The van der Waals surface area contributed by atoms with Gasteiger partial charge in [0, 0.05) is 0 Å². The van der Waals surface area contributed by atoms with Crippen LogP contribution in [-0.2, 0) is 0 Å². The minimum atomic E-state index is 0.557. The van der Waals surface area contributed by atoms with Gasteiger partial charge in [-0.3, -0.25) is 0 Å². The molecular formula is C10H9N3O. The molecular weight excluding hydrogens is 178 g/mol. The van der Waals surface area contributed by atoms with Gasteiger partial charge in [0.05, 0.1) is 11.0 Å². The summed E-state index contributed by atoms with van der Waals surface area (Å²) in [6.45, 7) is 1.83. The Morgan fingerprint density at radius 1 is 1.36 bits per heavy atom. The Kier molecular flexibility index (Phi) is 1.21. The van der Waals surface area contributed by atoms with Gasteiger partial charge in [0.1, 0.15) is 5.76 Å². The highest BCUT2D eigenvalue weighted by Gasteiger charge is 2.12. The van der Waals surface area contributed by atoms with E-state index in [0.717, 1.165) is 11.0 Å². The molecule has 3 aromatic rings. The average molecular weight is 187 g/mol. The molecule has 0 aliphatic carbocycles. The number of nitrogens with zero attached hydrogens (tertiary/aromatic N) is 2. The number of aryl methyl sites for hydroxylation is 1. The molecule has 14 heavy (non-hydrogen) atoms. The van der Waals surface area contributed by atoms with Gasteiger partial charge in [-0.15, -0.1) is 0 Å². The Hall–Kier alpha value is -1.97. The molecule has 1 aromatic carbocycles. The molecule has 70 valence electrons. The van der Waals surface area contributed by atoms with Gasteiger partial charge in [0.2, 0.25) is 0 Å². The molecule has 4 nitrogen and oxygen atoms in total. The van der Waals surface area contributed by atoms with Crippen LogP contribution in [0.3, 0.4) is 0 Å². The monoisotopic (exact) mass is 187 g/mol. The zero-order chi connectivity index (χ0) is 9.71. The highest BCUT2D eigenvalue weighted by Crippen LogP contribution is 2.23. The van der Waals surface area contributed by atoms with Crippen LogP contribution in [-0.4, -0.2) is 9.38 Å². The van der Waals surface area contributed by atoms with E-state index in [9.17, 15) is 0 Å². The lowest BCUT2D eigenvalue weighted by Gasteiger charge is -1.91. The van der Waals surface area contributed by atoms with Crippen LogP contribution in [0, 0.1) is 6.92 Å². The molecule has 0 amide bonds. The molecule has 0 spiro atoms. The third kappa shape index (κ3) is 0.750. The number of hydrogen-bond donors (Lipinski definition) is 1. The summed E-state index contributed by atoms with van der Waals surface area (Å²) >= 11 is 0. The topological polar surface area (TPSA) is 56.5 Å². The van der Waals surface area contributed by atoms with Gasteiger partial charge in [0.15, 0.2) is 5.82 Å². The van der Waals surface area contributed by atoms with Crippen molar-refractivity contribution in [2.45, 2.75) is 6.92 Å². The lowest BCUT2D eigenvalue weighted by atomic mass is 10.3. The summed E-state index contributed by atoms with van der Waals surface area (Å²) in [4.78, 5) is 4.31. The van der Waals surface area contributed by atoms with Crippen LogP contribution in [0.1, 0.15) is 5.76 Å². The van der Waals surface area contributed by atoms with Crippen molar-refractivity contribution >= 4 is 22.7 Å². The summed E-state index contributed by atoms with van der Waals surface area (Å²) in [5.74, 6) is 1.88. The molecule has 0 aliphatic heterocycles. The summed E-state index contributed by atoms with van der Waals surface area (Å²) in [5.41, 5.74) is 7.76. The predicted octanol–water partition coefficient (Wildman–Crippen LogP) is 1.97. The molecule has 0 bridgehead atoms. The van der Waals surface area contributed by atoms with Gasteiger partial charge in [-0.1, -0.05) is 12.1 Å². The average Bonchev–Trinajstić information content (AvgIpc) is 2.65. The SMILES string of the molecule is Cc1oc2nc3ccccc3n2c1N. The standard InChI is InChI=1S/C10H9N3O/c1-6-9(11)13-8-5-3-2-4-7(8)12-10(13)14-6/h2-5H,11H2,1H3. The molecule has 0 atom stereocenters. The minimum Gasteiger partial charge on any atom is -0.426 e. The molecule has 0 saturated heterocycles. The second-order valence-electron chi connectivity index (χ2n) is 3.26. The Balaban J connectivity index is 2.62. The van der Waals surface area contributed by atoms with Crippen LogP contribution in [0.5, 0.6) is 0 Å². The number of aromatic nitrogens is 2. The molecule has 2 aromatic heterocycles. The van der Waals surface area contributed by atoms with Crippen molar-refractivity contribution in [3.63, 3.8) is 0 Å². The quantitative estimate of drug-likeness (QED) is 0.585. The molecule has 3 rings (SSSR count). The summed E-state index contributed by atoms with van der Waals surface area (Å²) in [6, 6.07) is 7.81. The number of para-hydroxylation sites is 2. The summed E-state index contributed by atoms with van der Waals surface area (Å²) in [5, 5.41) is 0. The van der Waals surface area contributed by atoms with Gasteiger partial charge in [-0.25, -0.2) is 4.40 Å². The summed E-state index contributed by atoms with van der Waals surface area (Å²) in [6.07, 6.45) is 0. The summed E-state index contributed by atoms with van der Waals surface area (Å²) < 4.78 is 7.23. The molecule has 2 heterocycles. The van der Waals surface area contributed by atoms with Gasteiger partial charge >= 0.3 is 5.84 Å². The summed E-state index contributed by atoms with van der Waals surface area (Å²) in [7, 11) is 0. The Labute approximate surface area is 80.0 Å². The van der Waals surface area contributed by atoms with E-state index >= 15 is 0 Å². The van der Waals surface area contributed by atoms with Crippen LogP contribution in [0.25, 0.3) is 16.9 Å². The Morgan fingerprint density at radius 2 is 2.14 bits per heavy atom. The number of hydrogen-bond acceptors (Lipinski definition) is 3. The molecule has 2 N–H and O–H groups in total. The van der Waals surface area contributed by atoms with Crippen molar-refractivity contribution < 1.29 is 4.42 Å². The highest BCUT2D eigenvalue weighted by molar-refractivity contribution is 5.81. The van der Waals surface area contributed by atoms with Crippen LogP contribution < -0.4 is 5.73 Å². The minimum absolute atomic E-state index is 0.557. The van der Waals surface area contributed by atoms with Crippen molar-refractivity contribution in [3.05, 3.63) is 30.0 Å². The van der Waals surface area contributed by atoms with E-state index in [4.69, 9.17) is 10.2 Å². The van der Waals surface area contributed by atoms with Crippen LogP contribution >= 0.6 is 0 Å². The first-order valence-corrected chi connectivity index (χ1v) is 4.39. The number of imidazole rings is 1. The smallest absolute Gasteiger partial charge is 0.308 e. The van der Waals surface area contributed by atoms with E-state index in [1.54, 1.807) is 0 Å². The third-order valence-electron chi connectivity index (χ3n) is 2.38. The van der Waals surface area contributed by atoms with E-state index in [0.29, 0.717) is 17.4 Å². The van der Waals surface area contributed by atoms with Crippen molar-refractivity contribution in [2.75, 3.05) is 5.73 Å². The zero-order valence-electron chi connectivity index (χ0n) is 7.69. The van der Waals surface area contributed by atoms with Gasteiger partial charge < -0.3 is 10.2 Å². The number of nitrogen functional groups attached to an aromatic ring is 1. The largest absolute Gasteiger partial charge is 0.426 e. The van der Waals surface area contributed by atoms with E-state index in [-0.39, 0.29) is 0 Å². The van der Waals surface area contributed by atoms with E-state index in [1.165, 1.54) is 0 Å². The third-order valence-corrected chi connectivity index (χ3v) is 2.38. The lowest BCUT2D eigenvalue weighted by molar-refractivity contribution is 0.564. The maximum absolute atomic E-state index is 5.88. The first-order valence-electron chi connectivity index (χ1n) is 4.39. The number of rotatable bonds is 0. The normalized spacial score (nSPS) is 11.5. The molecule has 0 fully saturated rings. The number of anilines is 1. The fourth-order valence-corrected chi connectivity index (χ4v) is 1.65. The Bertz CT molecular complexity index is 621. The van der Waals surface area contributed by atoms with Crippen molar-refractivity contribution in [1.82, 2.24) is 9.38 Å². The highest BCUT2D eigenvalue weighted by atomic mass is 16.4. The molecule has 0 unspecified atom stereocenters. The maximum atomic E-state index is 5.88. The first kappa shape index (κ1) is 7.44. The van der Waals surface area contributed by atoms with Crippen LogP contribution in [0.2, 0.25) is 0 Å². The van der Waals surface area contributed by atoms with Crippen molar-refractivity contribution in [1.29, 1.82) is 0 Å². The van der Waals surface area contributed by atoms with E-state index in [2.05, 4.69) is 4.98 Å². The van der Waals surface area contributed by atoms with Crippen molar-refractivity contribution in [2.24, 2.45) is 0 Å². The second kappa shape index (κ2) is 2.29. The number of fused-ring (bicyclic) bond motifs is 3. The number of oxazole rings is 1. The van der Waals surface area contributed by atoms with Gasteiger partial charge in [0.25, 0.3) is 0 Å². The van der Waals surface area contributed by atoms with Crippen LogP contribution in [0.15, 0.2) is 28.7 Å². The second-order valence-corrected chi connectivity index (χ2v) is 3.26. The lowest BCUT2D eigenvalue weighted by Crippen LogP contribution is -1.92. The molecule has 4 heteroatoms. The zero-order valence-corrected chi connectivity index (χ0v) is 7.69. The fourth-order valence-electron chi connectivity index (χ4n) is 1.65. The van der Waals surface area contributed by atoms with Crippen molar-refractivity contribution in [3.8, 4) is 0 Å². The maximum Gasteiger partial charge on any atom is 0.308 e. The Morgan fingerprint density at radius 3 is 3.00 bits per heavy atom. The number of nitrogens with two attached hydrogens (primary N) is 1. The predicted molar refractivity (Wildman–Crippen MR) is 54.1 cm³/mol. The molecule has 0 radical (unpaired) electrons. The van der Waals surface area contributed by atoms with E-state index < -0.39 is 0 Å². The fraction of sp³-hybridized carbons (Fsp3) is 0.100. The molecule has 0 aliphatic rings. The molecule has 0 saturated carbocycles. The first-order chi connectivity index (χ1) is 6.77. The van der Waals surface area contributed by atoms with Gasteiger partial charge in [-0.2, -0.15) is 4.98 Å².